The van der Waals surface area contributed by atoms with Crippen molar-refractivity contribution in [3.8, 4) is 11.3 Å². The van der Waals surface area contributed by atoms with Gasteiger partial charge in [0.15, 0.2) is 5.69 Å². The lowest BCUT2D eigenvalue weighted by Gasteiger charge is -2.17. The van der Waals surface area contributed by atoms with Crippen molar-refractivity contribution in [2.24, 2.45) is 11.8 Å². The first-order valence-electron chi connectivity index (χ1n) is 9.00. The van der Waals surface area contributed by atoms with Crippen molar-refractivity contribution in [3.63, 3.8) is 0 Å². The molecule has 2 unspecified atom stereocenters. The van der Waals surface area contributed by atoms with E-state index in [9.17, 15) is 4.79 Å². The monoisotopic (exact) mass is 332 g/mol. The molecule has 0 aromatic heterocycles. The molecule has 5 heteroatoms. The van der Waals surface area contributed by atoms with Crippen LogP contribution in [0.25, 0.3) is 22.0 Å². The molecule has 4 aliphatic rings. The Bertz CT molecular complexity index is 913. The molecule has 1 saturated carbocycles. The van der Waals surface area contributed by atoms with E-state index >= 15 is 0 Å². The van der Waals surface area contributed by atoms with Crippen molar-refractivity contribution in [1.82, 2.24) is 20.6 Å². The zero-order chi connectivity index (χ0) is 16.8. The van der Waals surface area contributed by atoms with Crippen LogP contribution in [0.15, 0.2) is 42.5 Å². The average molecular weight is 332 g/mol. The predicted octanol–water partition coefficient (Wildman–Crippen LogP) is 3.11. The van der Waals surface area contributed by atoms with Gasteiger partial charge in [-0.2, -0.15) is 0 Å². The van der Waals surface area contributed by atoms with Crippen LogP contribution in [0, 0.1) is 11.8 Å². The second kappa shape index (κ2) is 5.77. The van der Waals surface area contributed by atoms with E-state index in [0.717, 1.165) is 47.0 Å². The van der Waals surface area contributed by atoms with E-state index < -0.39 is 0 Å². The molecule has 1 aromatic rings. The highest BCUT2D eigenvalue weighted by molar-refractivity contribution is 6.04. The summed E-state index contributed by atoms with van der Waals surface area (Å²) in [6.45, 7) is 1.92. The Kier molecular flexibility index (Phi) is 3.41. The Balaban J connectivity index is 1.43. The van der Waals surface area contributed by atoms with E-state index in [1.807, 2.05) is 42.5 Å². The lowest BCUT2D eigenvalue weighted by atomic mass is 10.0. The van der Waals surface area contributed by atoms with Gasteiger partial charge in [0.05, 0.1) is 0 Å². The first-order valence-corrected chi connectivity index (χ1v) is 9.00. The van der Waals surface area contributed by atoms with Crippen molar-refractivity contribution in [3.05, 3.63) is 48.2 Å². The summed E-state index contributed by atoms with van der Waals surface area (Å²) in [6, 6.07) is 14.0. The van der Waals surface area contributed by atoms with Crippen LogP contribution in [-0.4, -0.2) is 34.2 Å². The largest absolute Gasteiger partial charge is 0.286 e. The van der Waals surface area contributed by atoms with Crippen LogP contribution in [-0.2, 0) is 0 Å². The molecule has 2 fully saturated rings. The molecule has 5 rings (SSSR count). The molecule has 1 saturated heterocycles. The zero-order valence-electron chi connectivity index (χ0n) is 14.0. The summed E-state index contributed by atoms with van der Waals surface area (Å²) in [5, 5.41) is 12.7. The molecule has 1 aromatic carbocycles. The summed E-state index contributed by atoms with van der Waals surface area (Å²) < 4.78 is 0. The molecule has 2 aliphatic heterocycles. The van der Waals surface area contributed by atoms with Gasteiger partial charge in [0.2, 0.25) is 0 Å². The quantitative estimate of drug-likeness (QED) is 0.783. The van der Waals surface area contributed by atoms with E-state index in [-0.39, 0.29) is 5.91 Å². The molecule has 2 atom stereocenters. The van der Waals surface area contributed by atoms with Crippen LogP contribution in [0.5, 0.6) is 0 Å². The number of fused-ring (bicyclic) bond motifs is 4. The molecule has 5 nitrogen and oxygen atoms in total. The van der Waals surface area contributed by atoms with E-state index in [0.29, 0.717) is 5.69 Å². The fraction of sp³-hybridized carbons (Fsp3) is 0.350. The van der Waals surface area contributed by atoms with Crippen molar-refractivity contribution < 1.29 is 4.79 Å². The molecule has 2 aliphatic carbocycles. The number of benzene rings is 1. The molecule has 1 amide bonds. The zero-order valence-corrected chi connectivity index (χ0v) is 14.0. The summed E-state index contributed by atoms with van der Waals surface area (Å²) in [5.74, 6) is 1.33. The standard InChI is InChI=1S/C20H20N4O/c25-20(23-24-11-14-7-3-8-15(14)12-24)19-17-10-4-6-13-5-1-2-9-16(13)18(17)21-22-19/h1-2,4-6,9-10,14-15H,3,7-8,11-12H2,(H,23,25). The number of carbonyl (C=O) groups excluding carboxylic acids is 1. The van der Waals surface area contributed by atoms with E-state index in [1.54, 1.807) is 0 Å². The third-order valence-corrected chi connectivity index (χ3v) is 5.72. The van der Waals surface area contributed by atoms with Gasteiger partial charge in [-0.25, -0.2) is 5.01 Å². The molecule has 0 radical (unpaired) electrons. The normalized spacial score (nSPS) is 23.2. The lowest BCUT2D eigenvalue weighted by Crippen LogP contribution is -2.41. The summed E-state index contributed by atoms with van der Waals surface area (Å²) in [7, 11) is 0. The summed E-state index contributed by atoms with van der Waals surface area (Å²) >= 11 is 0. The number of hydrazine groups is 1. The lowest BCUT2D eigenvalue weighted by molar-refractivity contribution is 0.0810. The van der Waals surface area contributed by atoms with Gasteiger partial charge < -0.3 is 0 Å². The minimum atomic E-state index is -0.155. The Hall–Kier alpha value is -2.53. The molecule has 126 valence electrons. The SMILES string of the molecule is O=C(NN1CC2CCCC2C1)c1nnc2c3ccccc3cccc1-2. The number of rotatable bonds is 2. The van der Waals surface area contributed by atoms with Gasteiger partial charge in [-0.15, -0.1) is 10.2 Å². The average Bonchev–Trinajstić information content (AvgIpc) is 3.27. The minimum Gasteiger partial charge on any atom is -0.283 e. The van der Waals surface area contributed by atoms with Gasteiger partial charge in [0, 0.05) is 24.0 Å². The number of amides is 1. The number of hydrogen-bond donors (Lipinski definition) is 1. The van der Waals surface area contributed by atoms with Gasteiger partial charge in [0.25, 0.3) is 5.91 Å². The van der Waals surface area contributed by atoms with E-state index in [1.165, 1.54) is 19.3 Å². The Labute approximate surface area is 146 Å². The summed E-state index contributed by atoms with van der Waals surface area (Å²) in [4.78, 5) is 12.8. The van der Waals surface area contributed by atoms with Gasteiger partial charge in [0.1, 0.15) is 5.69 Å². The first kappa shape index (κ1) is 14.8. The first-order chi connectivity index (χ1) is 12.3. The molecular formula is C20H20N4O. The number of hydrogen-bond acceptors (Lipinski definition) is 4. The summed E-state index contributed by atoms with van der Waals surface area (Å²) in [6.07, 6.45) is 3.91. The molecule has 25 heavy (non-hydrogen) atoms. The van der Waals surface area contributed by atoms with Crippen molar-refractivity contribution >= 4 is 16.7 Å². The highest BCUT2D eigenvalue weighted by Gasteiger charge is 2.37. The number of nitrogens with zero attached hydrogens (tertiary/aromatic N) is 3. The molecular weight excluding hydrogens is 312 g/mol. The Morgan fingerprint density at radius 3 is 2.60 bits per heavy atom. The minimum absolute atomic E-state index is 0.155. The van der Waals surface area contributed by atoms with Crippen molar-refractivity contribution in [2.75, 3.05) is 13.1 Å². The maximum atomic E-state index is 12.8. The molecule has 2 heterocycles. The predicted molar refractivity (Wildman–Crippen MR) is 96.0 cm³/mol. The van der Waals surface area contributed by atoms with Crippen LogP contribution < -0.4 is 5.43 Å². The van der Waals surface area contributed by atoms with Crippen LogP contribution in [0.2, 0.25) is 0 Å². The fourth-order valence-corrected chi connectivity index (χ4v) is 4.47. The second-order valence-electron chi connectivity index (χ2n) is 7.22. The third-order valence-electron chi connectivity index (χ3n) is 5.72. The third kappa shape index (κ3) is 2.46. The van der Waals surface area contributed by atoms with Crippen LogP contribution in [0.3, 0.4) is 0 Å². The van der Waals surface area contributed by atoms with Crippen LogP contribution in [0.4, 0.5) is 0 Å². The second-order valence-corrected chi connectivity index (χ2v) is 7.22. The number of carbonyl (C=O) groups is 1. The van der Waals surface area contributed by atoms with E-state index in [4.69, 9.17) is 0 Å². The van der Waals surface area contributed by atoms with Crippen molar-refractivity contribution in [2.45, 2.75) is 19.3 Å². The Morgan fingerprint density at radius 1 is 1.00 bits per heavy atom. The van der Waals surface area contributed by atoms with Crippen molar-refractivity contribution in [1.29, 1.82) is 0 Å². The van der Waals surface area contributed by atoms with Gasteiger partial charge in [-0.1, -0.05) is 48.9 Å². The molecule has 0 spiro atoms. The Morgan fingerprint density at radius 2 is 1.76 bits per heavy atom. The highest BCUT2D eigenvalue weighted by Crippen LogP contribution is 2.37. The van der Waals surface area contributed by atoms with E-state index in [2.05, 4.69) is 20.6 Å². The summed E-state index contributed by atoms with van der Waals surface area (Å²) in [5.41, 5.74) is 5.05. The number of aromatic nitrogens is 2. The topological polar surface area (TPSA) is 58.1 Å². The van der Waals surface area contributed by atoms with Crippen LogP contribution >= 0.6 is 0 Å². The van der Waals surface area contributed by atoms with Gasteiger partial charge in [-0.05, 0) is 30.1 Å². The maximum Gasteiger partial charge on any atom is 0.286 e. The maximum absolute atomic E-state index is 12.8. The molecule has 1 N–H and O–H groups in total. The highest BCUT2D eigenvalue weighted by atomic mass is 16.2. The number of nitrogens with one attached hydrogen (secondary N) is 1. The fourth-order valence-electron chi connectivity index (χ4n) is 4.47. The van der Waals surface area contributed by atoms with Crippen LogP contribution in [0.1, 0.15) is 29.8 Å². The van der Waals surface area contributed by atoms with Gasteiger partial charge in [-0.3, -0.25) is 10.2 Å². The van der Waals surface area contributed by atoms with Gasteiger partial charge >= 0.3 is 0 Å². The molecule has 0 bridgehead atoms. The smallest absolute Gasteiger partial charge is 0.283 e.